The fraction of sp³-hybridized carbons (Fsp3) is 0.611. The Morgan fingerprint density at radius 1 is 1.17 bits per heavy atom. The summed E-state index contributed by atoms with van der Waals surface area (Å²) in [7, 11) is 0. The van der Waals surface area contributed by atoms with E-state index in [4.69, 9.17) is 0 Å². The molecule has 0 radical (unpaired) electrons. The zero-order chi connectivity index (χ0) is 16.8. The first-order chi connectivity index (χ1) is 11.7. The summed E-state index contributed by atoms with van der Waals surface area (Å²) in [6.07, 6.45) is 10.5. The number of rotatable bonds is 4. The predicted molar refractivity (Wildman–Crippen MR) is 92.6 cm³/mol. The highest BCUT2D eigenvalue weighted by Crippen LogP contribution is 2.27. The van der Waals surface area contributed by atoms with Crippen molar-refractivity contribution in [3.63, 3.8) is 0 Å². The summed E-state index contributed by atoms with van der Waals surface area (Å²) in [6, 6.07) is 3.71. The lowest BCUT2D eigenvalue weighted by Gasteiger charge is -2.32. The first-order valence-corrected chi connectivity index (χ1v) is 8.96. The van der Waals surface area contributed by atoms with Crippen LogP contribution < -0.4 is 10.6 Å². The molecule has 0 aromatic carbocycles. The van der Waals surface area contributed by atoms with Crippen LogP contribution in [0.15, 0.2) is 24.5 Å². The Balaban J connectivity index is 1.38. The number of nitrogens with one attached hydrogen (secondary N) is 2. The molecule has 0 unspecified atom stereocenters. The van der Waals surface area contributed by atoms with Crippen LogP contribution >= 0.6 is 0 Å². The Morgan fingerprint density at radius 3 is 2.58 bits per heavy atom. The average molecular weight is 330 g/mol. The summed E-state index contributed by atoms with van der Waals surface area (Å²) in [6.45, 7) is 1.33. The molecule has 6 nitrogen and oxygen atoms in total. The molecular formula is C18H26N4O2. The molecule has 2 aliphatic rings. The molecule has 2 fully saturated rings. The number of aromatic nitrogens is 1. The van der Waals surface area contributed by atoms with Gasteiger partial charge in [0.1, 0.15) is 0 Å². The van der Waals surface area contributed by atoms with Crippen LogP contribution in [0.25, 0.3) is 0 Å². The Hall–Kier alpha value is -2.11. The van der Waals surface area contributed by atoms with Gasteiger partial charge in [-0.25, -0.2) is 4.79 Å². The number of carbonyl (C=O) groups excluding carboxylic acids is 2. The minimum Gasteiger partial charge on any atom is -0.353 e. The van der Waals surface area contributed by atoms with Gasteiger partial charge in [-0.15, -0.1) is 0 Å². The van der Waals surface area contributed by atoms with E-state index in [-0.39, 0.29) is 18.0 Å². The van der Waals surface area contributed by atoms with Crippen molar-refractivity contribution in [2.45, 2.75) is 51.0 Å². The third-order valence-corrected chi connectivity index (χ3v) is 5.01. The van der Waals surface area contributed by atoms with Crippen molar-refractivity contribution in [2.75, 3.05) is 18.4 Å². The first-order valence-electron chi connectivity index (χ1n) is 8.96. The molecule has 1 saturated carbocycles. The highest BCUT2D eigenvalue weighted by atomic mass is 16.2. The third kappa shape index (κ3) is 4.69. The van der Waals surface area contributed by atoms with E-state index in [0.717, 1.165) is 12.8 Å². The number of anilines is 1. The molecule has 1 saturated heterocycles. The lowest BCUT2D eigenvalue weighted by atomic mass is 10.0. The molecule has 3 rings (SSSR count). The van der Waals surface area contributed by atoms with Crippen LogP contribution in [0.1, 0.15) is 44.9 Å². The number of urea groups is 1. The zero-order valence-electron chi connectivity index (χ0n) is 14.0. The van der Waals surface area contributed by atoms with Crippen LogP contribution in [0, 0.1) is 5.92 Å². The average Bonchev–Trinajstić information content (AvgIpc) is 3.09. The van der Waals surface area contributed by atoms with E-state index in [2.05, 4.69) is 15.6 Å². The fourth-order valence-electron chi connectivity index (χ4n) is 3.63. The number of carbonyl (C=O) groups is 2. The van der Waals surface area contributed by atoms with Gasteiger partial charge in [0.2, 0.25) is 5.91 Å². The molecule has 1 aromatic heterocycles. The van der Waals surface area contributed by atoms with Gasteiger partial charge in [0, 0.05) is 31.7 Å². The molecule has 2 N–H and O–H groups in total. The summed E-state index contributed by atoms with van der Waals surface area (Å²) in [5.74, 6) is 0.760. The zero-order valence-corrected chi connectivity index (χ0v) is 14.0. The van der Waals surface area contributed by atoms with Crippen molar-refractivity contribution in [3.05, 3.63) is 24.5 Å². The van der Waals surface area contributed by atoms with Crippen molar-refractivity contribution >= 4 is 17.6 Å². The van der Waals surface area contributed by atoms with Crippen LogP contribution in [0.5, 0.6) is 0 Å². The molecular weight excluding hydrogens is 304 g/mol. The molecule has 0 spiro atoms. The van der Waals surface area contributed by atoms with Gasteiger partial charge < -0.3 is 15.5 Å². The lowest BCUT2D eigenvalue weighted by molar-refractivity contribution is -0.122. The summed E-state index contributed by atoms with van der Waals surface area (Å²) in [5.41, 5.74) is 0.703. The van der Waals surface area contributed by atoms with Crippen LogP contribution in [0.3, 0.4) is 0 Å². The van der Waals surface area contributed by atoms with Gasteiger partial charge in [0.15, 0.2) is 0 Å². The van der Waals surface area contributed by atoms with Crippen molar-refractivity contribution in [3.8, 4) is 0 Å². The molecule has 2 heterocycles. The predicted octanol–water partition coefficient (Wildman–Crippen LogP) is 2.77. The minimum atomic E-state index is -0.0984. The highest BCUT2D eigenvalue weighted by molar-refractivity contribution is 5.89. The molecule has 3 amide bonds. The minimum absolute atomic E-state index is 0.0984. The van der Waals surface area contributed by atoms with Gasteiger partial charge in [-0.1, -0.05) is 12.8 Å². The van der Waals surface area contributed by atoms with Gasteiger partial charge in [-0.3, -0.25) is 9.78 Å². The molecule has 0 atom stereocenters. The number of hydrogen-bond acceptors (Lipinski definition) is 3. The molecule has 1 aromatic rings. The SMILES string of the molecule is O=C(CC1CCCC1)NC1CCN(C(=O)Nc2cccnc2)CC1. The van der Waals surface area contributed by atoms with Crippen molar-refractivity contribution in [1.82, 2.24) is 15.2 Å². The Morgan fingerprint density at radius 2 is 1.92 bits per heavy atom. The van der Waals surface area contributed by atoms with E-state index >= 15 is 0 Å². The van der Waals surface area contributed by atoms with Crippen LogP contribution in [0.4, 0.5) is 10.5 Å². The standard InChI is InChI=1S/C18H26N4O2/c23-17(12-14-4-1-2-5-14)20-15-7-10-22(11-8-15)18(24)21-16-6-3-9-19-13-16/h3,6,9,13-15H,1-2,4-5,7-8,10-12H2,(H,20,23)(H,21,24). The van der Waals surface area contributed by atoms with E-state index in [1.807, 2.05) is 6.07 Å². The van der Waals surface area contributed by atoms with Gasteiger partial charge in [-0.05, 0) is 43.7 Å². The van der Waals surface area contributed by atoms with Gasteiger partial charge in [-0.2, -0.15) is 0 Å². The van der Waals surface area contributed by atoms with Crippen molar-refractivity contribution in [1.29, 1.82) is 0 Å². The van der Waals surface area contributed by atoms with E-state index in [0.29, 0.717) is 31.1 Å². The number of hydrogen-bond donors (Lipinski definition) is 2. The molecule has 0 bridgehead atoms. The Kier molecular flexibility index (Phi) is 5.67. The maximum absolute atomic E-state index is 12.2. The van der Waals surface area contributed by atoms with E-state index in [9.17, 15) is 9.59 Å². The second-order valence-corrected chi connectivity index (χ2v) is 6.86. The van der Waals surface area contributed by atoms with Crippen LogP contribution in [-0.4, -0.2) is 41.0 Å². The van der Waals surface area contributed by atoms with Crippen LogP contribution in [0.2, 0.25) is 0 Å². The van der Waals surface area contributed by atoms with Crippen molar-refractivity contribution < 1.29 is 9.59 Å². The smallest absolute Gasteiger partial charge is 0.321 e. The molecule has 24 heavy (non-hydrogen) atoms. The topological polar surface area (TPSA) is 74.3 Å². The van der Waals surface area contributed by atoms with E-state index in [1.165, 1.54) is 25.7 Å². The van der Waals surface area contributed by atoms with Crippen LogP contribution in [-0.2, 0) is 4.79 Å². The van der Waals surface area contributed by atoms with E-state index in [1.54, 1.807) is 23.4 Å². The summed E-state index contributed by atoms with van der Waals surface area (Å²) >= 11 is 0. The Bertz CT molecular complexity index is 549. The maximum Gasteiger partial charge on any atom is 0.321 e. The lowest BCUT2D eigenvalue weighted by Crippen LogP contribution is -2.47. The number of amides is 3. The van der Waals surface area contributed by atoms with Gasteiger partial charge in [0.05, 0.1) is 11.9 Å². The van der Waals surface area contributed by atoms with Gasteiger partial charge >= 0.3 is 6.03 Å². The number of piperidine rings is 1. The summed E-state index contributed by atoms with van der Waals surface area (Å²) in [4.78, 5) is 30.1. The quantitative estimate of drug-likeness (QED) is 0.891. The Labute approximate surface area is 143 Å². The fourth-order valence-corrected chi connectivity index (χ4v) is 3.63. The van der Waals surface area contributed by atoms with E-state index < -0.39 is 0 Å². The monoisotopic (exact) mass is 330 g/mol. The molecule has 1 aliphatic carbocycles. The first kappa shape index (κ1) is 16.7. The largest absolute Gasteiger partial charge is 0.353 e. The van der Waals surface area contributed by atoms with Crippen molar-refractivity contribution in [2.24, 2.45) is 5.92 Å². The normalized spacial score (nSPS) is 19.2. The highest BCUT2D eigenvalue weighted by Gasteiger charge is 2.25. The number of nitrogens with zero attached hydrogens (tertiary/aromatic N) is 2. The number of likely N-dealkylation sites (tertiary alicyclic amines) is 1. The summed E-state index contributed by atoms with van der Waals surface area (Å²) < 4.78 is 0. The molecule has 6 heteroatoms. The summed E-state index contributed by atoms with van der Waals surface area (Å²) in [5, 5.41) is 6.00. The molecule has 130 valence electrons. The molecule has 1 aliphatic heterocycles. The number of pyridine rings is 1. The second kappa shape index (κ2) is 8.13. The second-order valence-electron chi connectivity index (χ2n) is 6.86. The maximum atomic E-state index is 12.2. The third-order valence-electron chi connectivity index (χ3n) is 5.01. The van der Waals surface area contributed by atoms with Gasteiger partial charge in [0.25, 0.3) is 0 Å².